The zero-order valence-electron chi connectivity index (χ0n) is 11.1. The SMILES string of the molecule is CCCCCCCCc1cccc(OC([NH])=O)c1. The molecule has 0 aliphatic rings. The van der Waals surface area contributed by atoms with Gasteiger partial charge in [-0.15, -0.1) is 0 Å². The summed E-state index contributed by atoms with van der Waals surface area (Å²) in [5.74, 6) is 0.471. The highest BCUT2D eigenvalue weighted by Gasteiger charge is 2.01. The fourth-order valence-electron chi connectivity index (χ4n) is 1.98. The molecule has 1 radical (unpaired) electrons. The first-order chi connectivity index (χ1) is 8.72. The minimum atomic E-state index is -1.01. The van der Waals surface area contributed by atoms with Gasteiger partial charge in [0.15, 0.2) is 0 Å². The molecule has 18 heavy (non-hydrogen) atoms. The van der Waals surface area contributed by atoms with Crippen molar-refractivity contribution < 1.29 is 9.53 Å². The topological polar surface area (TPSA) is 50.1 Å². The molecule has 1 N–H and O–H groups in total. The van der Waals surface area contributed by atoms with Crippen LogP contribution < -0.4 is 10.5 Å². The molecule has 0 bridgehead atoms. The van der Waals surface area contributed by atoms with Crippen LogP contribution in [0.15, 0.2) is 24.3 Å². The van der Waals surface area contributed by atoms with Crippen molar-refractivity contribution in [2.75, 3.05) is 0 Å². The highest BCUT2D eigenvalue weighted by molar-refractivity contribution is 5.67. The lowest BCUT2D eigenvalue weighted by molar-refractivity contribution is 0.209. The number of ether oxygens (including phenoxy) is 1. The Labute approximate surface area is 109 Å². The van der Waals surface area contributed by atoms with Crippen LogP contribution in [0.1, 0.15) is 51.0 Å². The summed E-state index contributed by atoms with van der Waals surface area (Å²) in [6.45, 7) is 2.22. The molecule has 3 heteroatoms. The Hall–Kier alpha value is -1.51. The fourth-order valence-corrected chi connectivity index (χ4v) is 1.98. The summed E-state index contributed by atoms with van der Waals surface area (Å²) in [4.78, 5) is 10.5. The van der Waals surface area contributed by atoms with E-state index >= 15 is 0 Å². The second-order valence-corrected chi connectivity index (χ2v) is 4.55. The van der Waals surface area contributed by atoms with E-state index in [1.54, 1.807) is 6.07 Å². The van der Waals surface area contributed by atoms with E-state index in [4.69, 9.17) is 10.5 Å². The van der Waals surface area contributed by atoms with Crippen molar-refractivity contribution >= 4 is 6.09 Å². The lowest BCUT2D eigenvalue weighted by Crippen LogP contribution is -2.05. The molecule has 0 aromatic heterocycles. The third kappa shape index (κ3) is 6.28. The molecule has 0 saturated carbocycles. The lowest BCUT2D eigenvalue weighted by Gasteiger charge is -2.04. The molecule has 3 nitrogen and oxygen atoms in total. The van der Waals surface area contributed by atoms with E-state index in [-0.39, 0.29) is 0 Å². The average Bonchev–Trinajstić information content (AvgIpc) is 2.33. The maximum absolute atomic E-state index is 10.5. The molecule has 1 aromatic carbocycles. The van der Waals surface area contributed by atoms with Crippen LogP contribution in [-0.4, -0.2) is 6.09 Å². The van der Waals surface area contributed by atoms with E-state index in [2.05, 4.69) is 6.92 Å². The molecular formula is C15H22NO2. The van der Waals surface area contributed by atoms with Gasteiger partial charge in [0.1, 0.15) is 5.75 Å². The maximum atomic E-state index is 10.5. The Morgan fingerprint density at radius 2 is 1.89 bits per heavy atom. The monoisotopic (exact) mass is 248 g/mol. The third-order valence-electron chi connectivity index (χ3n) is 2.93. The molecule has 0 aliphatic heterocycles. The number of hydrogen-bond acceptors (Lipinski definition) is 2. The van der Waals surface area contributed by atoms with Gasteiger partial charge >= 0.3 is 6.09 Å². The number of unbranched alkanes of at least 4 members (excludes halogenated alkanes) is 5. The average molecular weight is 248 g/mol. The second kappa shape index (κ2) is 8.56. The van der Waals surface area contributed by atoms with Gasteiger partial charge in [0, 0.05) is 0 Å². The van der Waals surface area contributed by atoms with Crippen molar-refractivity contribution in [1.82, 2.24) is 5.73 Å². The molecular weight excluding hydrogens is 226 g/mol. The molecule has 0 heterocycles. The smallest absolute Gasteiger partial charge is 0.409 e. The minimum Gasteiger partial charge on any atom is -0.409 e. The van der Waals surface area contributed by atoms with Gasteiger partial charge in [0.25, 0.3) is 0 Å². The largest absolute Gasteiger partial charge is 0.431 e. The molecule has 0 unspecified atom stereocenters. The van der Waals surface area contributed by atoms with Crippen molar-refractivity contribution in [1.29, 1.82) is 0 Å². The van der Waals surface area contributed by atoms with E-state index in [1.807, 2.05) is 18.2 Å². The van der Waals surface area contributed by atoms with Crippen molar-refractivity contribution in [2.45, 2.75) is 51.9 Å². The number of aryl methyl sites for hydroxylation is 1. The number of carbonyl (C=O) groups excluding carboxylic acids is 1. The zero-order valence-corrected chi connectivity index (χ0v) is 11.1. The summed E-state index contributed by atoms with van der Waals surface area (Å²) in [7, 11) is 0. The summed E-state index contributed by atoms with van der Waals surface area (Å²) in [6, 6.07) is 7.45. The quantitative estimate of drug-likeness (QED) is 0.641. The van der Waals surface area contributed by atoms with E-state index in [1.165, 1.54) is 44.1 Å². The summed E-state index contributed by atoms with van der Waals surface area (Å²) < 4.78 is 4.74. The molecule has 99 valence electrons. The summed E-state index contributed by atoms with van der Waals surface area (Å²) in [6.07, 6.45) is 7.66. The van der Waals surface area contributed by atoms with Gasteiger partial charge in [-0.3, -0.25) is 0 Å². The van der Waals surface area contributed by atoms with Gasteiger partial charge in [-0.25, -0.2) is 10.5 Å². The van der Waals surface area contributed by atoms with Crippen molar-refractivity contribution in [2.24, 2.45) is 0 Å². The summed E-state index contributed by atoms with van der Waals surface area (Å²) >= 11 is 0. The molecule has 1 rings (SSSR count). The van der Waals surface area contributed by atoms with Crippen LogP contribution in [0.2, 0.25) is 0 Å². The van der Waals surface area contributed by atoms with Crippen molar-refractivity contribution in [3.05, 3.63) is 29.8 Å². The van der Waals surface area contributed by atoms with Crippen LogP contribution in [0.5, 0.6) is 5.75 Å². The fraction of sp³-hybridized carbons (Fsp3) is 0.533. The Morgan fingerprint density at radius 1 is 1.17 bits per heavy atom. The lowest BCUT2D eigenvalue weighted by atomic mass is 10.0. The first-order valence-electron chi connectivity index (χ1n) is 6.74. The van der Waals surface area contributed by atoms with Gasteiger partial charge in [-0.05, 0) is 30.5 Å². The van der Waals surface area contributed by atoms with Crippen LogP contribution in [0.25, 0.3) is 0 Å². The van der Waals surface area contributed by atoms with Gasteiger partial charge in [0.2, 0.25) is 0 Å². The number of nitrogens with one attached hydrogen (secondary N) is 1. The third-order valence-corrected chi connectivity index (χ3v) is 2.93. The maximum Gasteiger partial charge on any atom is 0.431 e. The van der Waals surface area contributed by atoms with E-state index in [9.17, 15) is 4.79 Å². The normalized spacial score (nSPS) is 10.3. The molecule has 0 fully saturated rings. The van der Waals surface area contributed by atoms with Gasteiger partial charge in [0.05, 0.1) is 0 Å². The first kappa shape index (κ1) is 14.6. The highest BCUT2D eigenvalue weighted by Crippen LogP contribution is 2.16. The van der Waals surface area contributed by atoms with Gasteiger partial charge < -0.3 is 4.74 Å². The second-order valence-electron chi connectivity index (χ2n) is 4.55. The van der Waals surface area contributed by atoms with Crippen molar-refractivity contribution in [3.8, 4) is 5.75 Å². The minimum absolute atomic E-state index is 0.471. The highest BCUT2D eigenvalue weighted by atomic mass is 16.5. The number of hydrogen-bond donors (Lipinski definition) is 0. The van der Waals surface area contributed by atoms with Gasteiger partial charge in [-0.2, -0.15) is 0 Å². The predicted octanol–water partition coefficient (Wildman–Crippen LogP) is 4.37. The predicted molar refractivity (Wildman–Crippen MR) is 72.6 cm³/mol. The summed E-state index contributed by atoms with van der Waals surface area (Å²) in [5.41, 5.74) is 7.93. The van der Waals surface area contributed by atoms with Crippen LogP contribution >= 0.6 is 0 Å². The van der Waals surface area contributed by atoms with E-state index < -0.39 is 6.09 Å². The standard InChI is InChI=1S/C15H22NO2/c1-2-3-4-5-6-7-9-13-10-8-11-14(12-13)18-15(16)17/h8,10-12,16H,2-7,9H2,1H3. The molecule has 0 saturated heterocycles. The molecule has 1 amide bonds. The number of carbonyl (C=O) groups is 1. The molecule has 0 atom stereocenters. The van der Waals surface area contributed by atoms with Crippen LogP contribution in [0, 0.1) is 0 Å². The van der Waals surface area contributed by atoms with Crippen molar-refractivity contribution in [3.63, 3.8) is 0 Å². The summed E-state index contributed by atoms with van der Waals surface area (Å²) in [5, 5.41) is 0. The Balaban J connectivity index is 2.27. The number of benzene rings is 1. The van der Waals surface area contributed by atoms with Gasteiger partial charge in [-0.1, -0.05) is 51.2 Å². The molecule has 1 aromatic rings. The number of rotatable bonds is 8. The Morgan fingerprint density at radius 3 is 2.61 bits per heavy atom. The van der Waals surface area contributed by atoms with E-state index in [0.29, 0.717) is 5.75 Å². The Kier molecular flexibility index (Phi) is 6.92. The van der Waals surface area contributed by atoms with Crippen LogP contribution in [0.3, 0.4) is 0 Å². The van der Waals surface area contributed by atoms with E-state index in [0.717, 1.165) is 6.42 Å². The number of amides is 1. The molecule has 0 spiro atoms. The zero-order chi connectivity index (χ0) is 13.2. The van der Waals surface area contributed by atoms with Crippen LogP contribution in [0.4, 0.5) is 4.79 Å². The Bertz CT molecular complexity index is 363. The van der Waals surface area contributed by atoms with Crippen LogP contribution in [-0.2, 0) is 6.42 Å². The molecule has 0 aliphatic carbocycles. The first-order valence-corrected chi connectivity index (χ1v) is 6.74.